The quantitative estimate of drug-likeness (QED) is 0.929. The van der Waals surface area contributed by atoms with Gasteiger partial charge in [0, 0.05) is 16.8 Å². The minimum Gasteiger partial charge on any atom is -0.478 e. The van der Waals surface area contributed by atoms with Gasteiger partial charge in [-0.25, -0.2) is 4.79 Å². The summed E-state index contributed by atoms with van der Waals surface area (Å²) in [5.74, 6) is -0.954. The zero-order valence-corrected chi connectivity index (χ0v) is 11.7. The Kier molecular flexibility index (Phi) is 3.49. The van der Waals surface area contributed by atoms with Crippen LogP contribution in [-0.2, 0) is 0 Å². The molecule has 1 aromatic heterocycles. The summed E-state index contributed by atoms with van der Waals surface area (Å²) in [4.78, 5) is 11.4. The zero-order chi connectivity index (χ0) is 14.1. The maximum absolute atomic E-state index is 11.4. The van der Waals surface area contributed by atoms with E-state index in [9.17, 15) is 9.90 Å². The van der Waals surface area contributed by atoms with E-state index in [4.69, 9.17) is 11.6 Å². The van der Waals surface area contributed by atoms with Crippen molar-refractivity contribution < 1.29 is 9.90 Å². The molecular formula is C15H15ClN2O2. The van der Waals surface area contributed by atoms with Crippen molar-refractivity contribution in [2.75, 3.05) is 0 Å². The van der Waals surface area contributed by atoms with E-state index >= 15 is 0 Å². The molecule has 0 aliphatic heterocycles. The maximum atomic E-state index is 11.4. The second-order valence-electron chi connectivity index (χ2n) is 5.13. The Morgan fingerprint density at radius 3 is 2.75 bits per heavy atom. The molecule has 0 bridgehead atoms. The largest absolute Gasteiger partial charge is 0.478 e. The Morgan fingerprint density at radius 1 is 1.35 bits per heavy atom. The number of hydrogen-bond donors (Lipinski definition) is 1. The molecule has 4 nitrogen and oxygen atoms in total. The first-order valence-electron chi connectivity index (χ1n) is 6.73. The summed E-state index contributed by atoms with van der Waals surface area (Å²) in [7, 11) is 0. The van der Waals surface area contributed by atoms with E-state index in [1.54, 1.807) is 24.4 Å². The highest BCUT2D eigenvalue weighted by Gasteiger charge is 2.23. The van der Waals surface area contributed by atoms with Crippen molar-refractivity contribution in [1.29, 1.82) is 0 Å². The highest BCUT2D eigenvalue weighted by Crippen LogP contribution is 2.32. The minimum atomic E-state index is -0.954. The topological polar surface area (TPSA) is 55.1 Å². The van der Waals surface area contributed by atoms with E-state index in [2.05, 4.69) is 5.10 Å². The van der Waals surface area contributed by atoms with Crippen LogP contribution in [0.4, 0.5) is 0 Å². The fraction of sp³-hybridized carbons (Fsp3) is 0.333. The number of halogens is 1. The summed E-state index contributed by atoms with van der Waals surface area (Å²) in [6.07, 6.45) is 6.14. The predicted molar refractivity (Wildman–Crippen MR) is 77.1 cm³/mol. The van der Waals surface area contributed by atoms with Gasteiger partial charge in [-0.15, -0.1) is 0 Å². The fourth-order valence-electron chi connectivity index (χ4n) is 2.75. The molecule has 1 aromatic carbocycles. The van der Waals surface area contributed by atoms with Gasteiger partial charge in [0.2, 0.25) is 0 Å². The molecule has 0 amide bonds. The fourth-order valence-corrected chi connectivity index (χ4v) is 2.94. The van der Waals surface area contributed by atoms with Crippen molar-refractivity contribution in [3.05, 3.63) is 41.0 Å². The van der Waals surface area contributed by atoms with Gasteiger partial charge in [-0.2, -0.15) is 5.10 Å². The molecule has 1 heterocycles. The van der Waals surface area contributed by atoms with E-state index < -0.39 is 5.97 Å². The normalized spacial score (nSPS) is 15.7. The van der Waals surface area contributed by atoms with Crippen LogP contribution in [0, 0.1) is 0 Å². The van der Waals surface area contributed by atoms with Crippen molar-refractivity contribution in [3.8, 4) is 11.3 Å². The average molecular weight is 291 g/mol. The summed E-state index contributed by atoms with van der Waals surface area (Å²) in [6.45, 7) is 0. The van der Waals surface area contributed by atoms with Crippen LogP contribution in [0.15, 0.2) is 30.5 Å². The maximum Gasteiger partial charge on any atom is 0.339 e. The molecule has 20 heavy (non-hydrogen) atoms. The predicted octanol–water partition coefficient (Wildman–Crippen LogP) is 4.02. The number of aromatic nitrogens is 2. The summed E-state index contributed by atoms with van der Waals surface area (Å²) < 4.78 is 1.81. The smallest absolute Gasteiger partial charge is 0.339 e. The van der Waals surface area contributed by atoms with Gasteiger partial charge in [-0.05, 0) is 25.0 Å². The SMILES string of the molecule is O=C(O)c1cn(C2CCCC2)nc1-c1cccc(Cl)c1. The molecule has 2 aromatic rings. The van der Waals surface area contributed by atoms with Crippen LogP contribution in [0.3, 0.4) is 0 Å². The van der Waals surface area contributed by atoms with Crippen LogP contribution in [-0.4, -0.2) is 20.9 Å². The molecule has 1 aliphatic carbocycles. The molecule has 0 radical (unpaired) electrons. The summed E-state index contributed by atoms with van der Waals surface area (Å²) in [5, 5.41) is 14.4. The summed E-state index contributed by atoms with van der Waals surface area (Å²) in [6, 6.07) is 7.47. The molecule has 0 saturated heterocycles. The molecule has 3 rings (SSSR count). The molecule has 0 unspecified atom stereocenters. The van der Waals surface area contributed by atoms with Gasteiger partial charge >= 0.3 is 5.97 Å². The third-order valence-electron chi connectivity index (χ3n) is 3.76. The molecule has 1 aliphatic rings. The van der Waals surface area contributed by atoms with Crippen LogP contribution in [0.2, 0.25) is 5.02 Å². The summed E-state index contributed by atoms with van der Waals surface area (Å²) in [5.41, 5.74) is 1.47. The number of carboxylic acids is 1. The van der Waals surface area contributed by atoms with Crippen LogP contribution >= 0.6 is 11.6 Å². The number of carboxylic acid groups (broad SMARTS) is 1. The zero-order valence-electron chi connectivity index (χ0n) is 10.9. The molecule has 1 saturated carbocycles. The number of aromatic carboxylic acids is 1. The number of carbonyl (C=O) groups is 1. The minimum absolute atomic E-state index is 0.235. The molecule has 5 heteroatoms. The monoisotopic (exact) mass is 290 g/mol. The van der Waals surface area contributed by atoms with Gasteiger partial charge in [0.05, 0.1) is 6.04 Å². The molecule has 1 N–H and O–H groups in total. The van der Waals surface area contributed by atoms with Gasteiger partial charge in [-0.3, -0.25) is 4.68 Å². The van der Waals surface area contributed by atoms with Crippen LogP contribution in [0.5, 0.6) is 0 Å². The highest BCUT2D eigenvalue weighted by molar-refractivity contribution is 6.30. The van der Waals surface area contributed by atoms with Gasteiger partial charge in [0.15, 0.2) is 0 Å². The van der Waals surface area contributed by atoms with E-state index in [0.29, 0.717) is 16.8 Å². The number of hydrogen-bond acceptors (Lipinski definition) is 2. The second-order valence-corrected chi connectivity index (χ2v) is 5.56. The third-order valence-corrected chi connectivity index (χ3v) is 3.99. The number of nitrogens with zero attached hydrogens (tertiary/aromatic N) is 2. The van der Waals surface area contributed by atoms with Crippen molar-refractivity contribution >= 4 is 17.6 Å². The third kappa shape index (κ3) is 2.43. The van der Waals surface area contributed by atoms with Crippen molar-refractivity contribution in [3.63, 3.8) is 0 Å². The Hall–Kier alpha value is -1.81. The van der Waals surface area contributed by atoms with Crippen molar-refractivity contribution in [1.82, 2.24) is 9.78 Å². The van der Waals surface area contributed by atoms with Gasteiger partial charge in [0.1, 0.15) is 11.3 Å². The van der Waals surface area contributed by atoms with Gasteiger partial charge in [-0.1, -0.05) is 36.6 Å². The first kappa shape index (κ1) is 13.2. The lowest BCUT2D eigenvalue weighted by atomic mass is 10.1. The lowest BCUT2D eigenvalue weighted by molar-refractivity contribution is 0.0697. The van der Waals surface area contributed by atoms with E-state index in [1.807, 2.05) is 10.7 Å². The molecule has 0 atom stereocenters. The van der Waals surface area contributed by atoms with Crippen molar-refractivity contribution in [2.45, 2.75) is 31.7 Å². The van der Waals surface area contributed by atoms with E-state index in [0.717, 1.165) is 18.4 Å². The second kappa shape index (κ2) is 5.29. The average Bonchev–Trinajstić information content (AvgIpc) is 3.08. The van der Waals surface area contributed by atoms with Crippen molar-refractivity contribution in [2.24, 2.45) is 0 Å². The van der Waals surface area contributed by atoms with Crippen LogP contribution in [0.25, 0.3) is 11.3 Å². The molecule has 1 fully saturated rings. The van der Waals surface area contributed by atoms with Gasteiger partial charge in [0.25, 0.3) is 0 Å². The Labute approximate surface area is 122 Å². The highest BCUT2D eigenvalue weighted by atomic mass is 35.5. The lowest BCUT2D eigenvalue weighted by Crippen LogP contribution is -2.05. The van der Waals surface area contributed by atoms with Crippen LogP contribution < -0.4 is 0 Å². The Morgan fingerprint density at radius 2 is 2.10 bits per heavy atom. The molecule has 104 valence electrons. The van der Waals surface area contributed by atoms with Crippen LogP contribution in [0.1, 0.15) is 42.1 Å². The summed E-state index contributed by atoms with van der Waals surface area (Å²) >= 11 is 5.98. The first-order chi connectivity index (χ1) is 9.65. The number of benzene rings is 1. The Bertz CT molecular complexity index is 645. The first-order valence-corrected chi connectivity index (χ1v) is 7.11. The Balaban J connectivity index is 2.06. The molecule has 0 spiro atoms. The number of rotatable bonds is 3. The lowest BCUT2D eigenvalue weighted by Gasteiger charge is -2.08. The van der Waals surface area contributed by atoms with E-state index in [-0.39, 0.29) is 5.56 Å². The van der Waals surface area contributed by atoms with Gasteiger partial charge < -0.3 is 5.11 Å². The van der Waals surface area contributed by atoms with E-state index in [1.165, 1.54) is 12.8 Å². The standard InChI is InChI=1S/C15H15ClN2O2/c16-11-5-3-4-10(8-11)14-13(15(19)20)9-18(17-14)12-6-1-2-7-12/h3-5,8-9,12H,1-2,6-7H2,(H,19,20). The molecular weight excluding hydrogens is 276 g/mol.